The van der Waals surface area contributed by atoms with Gasteiger partial charge in [-0.1, -0.05) is 24.3 Å². The molecule has 5 nitrogen and oxygen atoms in total. The number of nitrogens with one attached hydrogen (secondary N) is 1. The SMILES string of the molecule is COc1ccc(-c2coc3cc(OC)c(/C(C)=C/C(=O)Nc4cc(C)ccc4C)cc23)cc1. The molecule has 0 saturated heterocycles. The molecule has 168 valence electrons. The number of methoxy groups -OCH3 is 2. The molecule has 0 bridgehead atoms. The maximum absolute atomic E-state index is 12.8. The number of hydrogen-bond acceptors (Lipinski definition) is 4. The summed E-state index contributed by atoms with van der Waals surface area (Å²) in [6, 6.07) is 17.7. The van der Waals surface area contributed by atoms with Gasteiger partial charge in [0.1, 0.15) is 17.1 Å². The van der Waals surface area contributed by atoms with E-state index in [-0.39, 0.29) is 5.91 Å². The summed E-state index contributed by atoms with van der Waals surface area (Å²) < 4.78 is 16.7. The molecule has 1 amide bonds. The minimum absolute atomic E-state index is 0.189. The van der Waals surface area contributed by atoms with Crippen LogP contribution < -0.4 is 14.8 Å². The number of amides is 1. The largest absolute Gasteiger partial charge is 0.497 e. The van der Waals surface area contributed by atoms with E-state index >= 15 is 0 Å². The van der Waals surface area contributed by atoms with Crippen molar-refractivity contribution in [2.24, 2.45) is 0 Å². The Hall–Kier alpha value is -3.99. The molecule has 5 heteroatoms. The molecule has 4 rings (SSSR count). The lowest BCUT2D eigenvalue weighted by molar-refractivity contribution is -0.111. The minimum Gasteiger partial charge on any atom is -0.497 e. The van der Waals surface area contributed by atoms with Gasteiger partial charge >= 0.3 is 0 Å². The second kappa shape index (κ2) is 9.25. The van der Waals surface area contributed by atoms with Crippen LogP contribution in [0.3, 0.4) is 0 Å². The summed E-state index contributed by atoms with van der Waals surface area (Å²) >= 11 is 0. The summed E-state index contributed by atoms with van der Waals surface area (Å²) in [5.74, 6) is 1.25. The summed E-state index contributed by atoms with van der Waals surface area (Å²) in [6.45, 7) is 5.88. The Labute approximate surface area is 193 Å². The van der Waals surface area contributed by atoms with Gasteiger partial charge in [-0.25, -0.2) is 0 Å². The van der Waals surface area contributed by atoms with Gasteiger partial charge < -0.3 is 19.2 Å². The molecule has 0 atom stereocenters. The average molecular weight is 442 g/mol. The quantitative estimate of drug-likeness (QED) is 0.335. The highest BCUT2D eigenvalue weighted by atomic mass is 16.5. The summed E-state index contributed by atoms with van der Waals surface area (Å²) in [7, 11) is 3.26. The first kappa shape index (κ1) is 22.2. The molecule has 0 saturated carbocycles. The fraction of sp³-hybridized carbons (Fsp3) is 0.179. The van der Waals surface area contributed by atoms with Crippen LogP contribution >= 0.6 is 0 Å². The maximum atomic E-state index is 12.8. The first-order valence-electron chi connectivity index (χ1n) is 10.7. The predicted molar refractivity (Wildman–Crippen MR) is 133 cm³/mol. The fourth-order valence-corrected chi connectivity index (χ4v) is 3.84. The van der Waals surface area contributed by atoms with Gasteiger partial charge in [0.25, 0.3) is 0 Å². The number of ether oxygens (including phenoxy) is 2. The van der Waals surface area contributed by atoms with Crippen LogP contribution in [-0.4, -0.2) is 20.1 Å². The lowest BCUT2D eigenvalue weighted by Crippen LogP contribution is -2.10. The summed E-state index contributed by atoms with van der Waals surface area (Å²) in [5.41, 5.74) is 7.23. The molecule has 0 fully saturated rings. The smallest absolute Gasteiger partial charge is 0.248 e. The van der Waals surface area contributed by atoms with Crippen molar-refractivity contribution >= 4 is 28.1 Å². The molecular weight excluding hydrogens is 414 g/mol. The van der Waals surface area contributed by atoms with Crippen molar-refractivity contribution in [3.05, 3.63) is 83.6 Å². The van der Waals surface area contributed by atoms with E-state index in [1.165, 1.54) is 0 Å². The van der Waals surface area contributed by atoms with Gasteiger partial charge in [-0.2, -0.15) is 0 Å². The van der Waals surface area contributed by atoms with E-state index in [2.05, 4.69) is 5.32 Å². The Balaban J connectivity index is 1.70. The Morgan fingerprint density at radius 1 is 0.970 bits per heavy atom. The van der Waals surface area contributed by atoms with Crippen molar-refractivity contribution in [3.63, 3.8) is 0 Å². The van der Waals surface area contributed by atoms with Gasteiger partial charge in [-0.3, -0.25) is 4.79 Å². The molecule has 1 N–H and O–H groups in total. The molecule has 4 aromatic rings. The highest BCUT2D eigenvalue weighted by molar-refractivity contribution is 6.05. The van der Waals surface area contributed by atoms with Gasteiger partial charge in [0, 0.05) is 34.3 Å². The van der Waals surface area contributed by atoms with Gasteiger partial charge in [0.05, 0.1) is 20.5 Å². The van der Waals surface area contributed by atoms with Crippen LogP contribution in [0.5, 0.6) is 11.5 Å². The lowest BCUT2D eigenvalue weighted by atomic mass is 9.99. The van der Waals surface area contributed by atoms with Crippen molar-refractivity contribution in [1.82, 2.24) is 0 Å². The molecule has 0 radical (unpaired) electrons. The monoisotopic (exact) mass is 441 g/mol. The predicted octanol–water partition coefficient (Wildman–Crippen LogP) is 6.78. The van der Waals surface area contributed by atoms with Crippen LogP contribution in [-0.2, 0) is 4.79 Å². The first-order valence-corrected chi connectivity index (χ1v) is 10.7. The van der Waals surface area contributed by atoms with Crippen LogP contribution in [0.2, 0.25) is 0 Å². The van der Waals surface area contributed by atoms with Crippen LogP contribution in [0.1, 0.15) is 23.6 Å². The van der Waals surface area contributed by atoms with Crippen molar-refractivity contribution in [2.75, 3.05) is 19.5 Å². The number of aryl methyl sites for hydroxylation is 2. The third-order valence-electron chi connectivity index (χ3n) is 5.72. The van der Waals surface area contributed by atoms with Gasteiger partial charge in [0.15, 0.2) is 0 Å². The molecule has 33 heavy (non-hydrogen) atoms. The standard InChI is InChI=1S/C28H27NO4/c1-17-6-7-18(2)25(12-17)29-28(30)13-19(3)22-14-23-24(16-33-27(23)15-26(22)32-5)20-8-10-21(31-4)11-9-20/h6-16H,1-5H3,(H,29,30)/b19-13+. The van der Waals surface area contributed by atoms with Crippen molar-refractivity contribution in [1.29, 1.82) is 0 Å². The van der Waals surface area contributed by atoms with Gasteiger partial charge in [-0.05, 0) is 67.3 Å². The Kier molecular flexibility index (Phi) is 6.22. The van der Waals surface area contributed by atoms with Crippen LogP contribution in [0.25, 0.3) is 27.7 Å². The van der Waals surface area contributed by atoms with Crippen LogP contribution in [0, 0.1) is 13.8 Å². The molecule has 3 aromatic carbocycles. The second-order valence-corrected chi connectivity index (χ2v) is 8.06. The molecule has 0 unspecified atom stereocenters. The molecule has 0 aliphatic carbocycles. The number of furan rings is 1. The first-order chi connectivity index (χ1) is 15.9. The Morgan fingerprint density at radius 2 is 1.73 bits per heavy atom. The zero-order valence-corrected chi connectivity index (χ0v) is 19.5. The normalized spacial score (nSPS) is 11.5. The highest BCUT2D eigenvalue weighted by Crippen LogP contribution is 2.37. The number of anilines is 1. The number of carbonyl (C=O) groups excluding carboxylic acids is 1. The highest BCUT2D eigenvalue weighted by Gasteiger charge is 2.15. The van der Waals surface area contributed by atoms with Crippen molar-refractivity contribution in [2.45, 2.75) is 20.8 Å². The van der Waals surface area contributed by atoms with Crippen LogP contribution in [0.4, 0.5) is 5.69 Å². The van der Waals surface area contributed by atoms with Gasteiger partial charge in [0.2, 0.25) is 5.91 Å². The molecule has 1 aromatic heterocycles. The number of rotatable bonds is 6. The van der Waals surface area contributed by atoms with Gasteiger partial charge in [-0.15, -0.1) is 0 Å². The number of carbonyl (C=O) groups is 1. The number of allylic oxidation sites excluding steroid dienone is 1. The molecule has 0 aliphatic rings. The Morgan fingerprint density at radius 3 is 2.42 bits per heavy atom. The van der Waals surface area contributed by atoms with Crippen LogP contribution in [0.15, 0.2) is 71.4 Å². The van der Waals surface area contributed by atoms with E-state index in [9.17, 15) is 4.79 Å². The second-order valence-electron chi connectivity index (χ2n) is 8.06. The lowest BCUT2D eigenvalue weighted by Gasteiger charge is -2.11. The number of fused-ring (bicyclic) bond motifs is 1. The van der Waals surface area contributed by atoms with E-state index in [4.69, 9.17) is 13.9 Å². The third kappa shape index (κ3) is 4.62. The zero-order valence-electron chi connectivity index (χ0n) is 19.5. The summed E-state index contributed by atoms with van der Waals surface area (Å²) in [6.07, 6.45) is 3.33. The zero-order chi connectivity index (χ0) is 23.5. The molecule has 0 spiro atoms. The van der Waals surface area contributed by atoms with Crippen molar-refractivity contribution < 1.29 is 18.7 Å². The van der Waals surface area contributed by atoms with E-state index in [1.54, 1.807) is 26.6 Å². The van der Waals surface area contributed by atoms with E-state index in [0.717, 1.165) is 50.2 Å². The summed E-state index contributed by atoms with van der Waals surface area (Å²) in [5, 5.41) is 3.93. The Bertz CT molecular complexity index is 1350. The molecule has 1 heterocycles. The number of hydrogen-bond donors (Lipinski definition) is 1. The minimum atomic E-state index is -0.189. The fourth-order valence-electron chi connectivity index (χ4n) is 3.84. The van der Waals surface area contributed by atoms with E-state index < -0.39 is 0 Å². The van der Waals surface area contributed by atoms with E-state index in [1.807, 2.05) is 75.4 Å². The van der Waals surface area contributed by atoms with E-state index in [0.29, 0.717) is 11.3 Å². The molecule has 0 aliphatic heterocycles. The summed E-state index contributed by atoms with van der Waals surface area (Å²) in [4.78, 5) is 12.8. The third-order valence-corrected chi connectivity index (χ3v) is 5.72. The molecular formula is C28H27NO4. The topological polar surface area (TPSA) is 60.7 Å². The van der Waals surface area contributed by atoms with Crippen molar-refractivity contribution in [3.8, 4) is 22.6 Å². The number of benzene rings is 3. The maximum Gasteiger partial charge on any atom is 0.248 e. The average Bonchev–Trinajstić information content (AvgIpc) is 3.23.